The number of likely N-dealkylation sites (tertiary alicyclic amines) is 1. The van der Waals surface area contributed by atoms with Crippen LogP contribution in [0.3, 0.4) is 0 Å². The summed E-state index contributed by atoms with van der Waals surface area (Å²) in [7, 11) is 0. The first-order chi connectivity index (χ1) is 12.8. The molecule has 0 atom stereocenters. The topological polar surface area (TPSA) is 37.3 Å². The minimum Gasteiger partial charge on any atom is -0.355 e. The summed E-state index contributed by atoms with van der Waals surface area (Å²) < 4.78 is 2.14. The zero-order valence-corrected chi connectivity index (χ0v) is 15.8. The van der Waals surface area contributed by atoms with E-state index < -0.39 is 0 Å². The number of carbonyl (C=O) groups excluding carboxylic acids is 1. The number of fused-ring (bicyclic) bond motifs is 1. The van der Waals surface area contributed by atoms with Crippen molar-refractivity contribution in [3.63, 3.8) is 0 Å². The zero-order chi connectivity index (χ0) is 17.8. The van der Waals surface area contributed by atoms with Crippen LogP contribution in [-0.4, -0.2) is 41.6 Å². The van der Waals surface area contributed by atoms with E-state index >= 15 is 0 Å². The predicted octanol–water partition coefficient (Wildman–Crippen LogP) is 3.97. The van der Waals surface area contributed by atoms with Gasteiger partial charge < -0.3 is 14.8 Å². The summed E-state index contributed by atoms with van der Waals surface area (Å²) in [6.45, 7) is 4.64. The second-order valence-electron chi connectivity index (χ2n) is 6.90. The van der Waals surface area contributed by atoms with E-state index in [9.17, 15) is 4.79 Å². The minimum absolute atomic E-state index is 0.0885. The third kappa shape index (κ3) is 3.84. The number of para-hydroxylation sites is 1. The number of aromatic nitrogens is 1. The lowest BCUT2D eigenvalue weighted by atomic mass is 10.2. The summed E-state index contributed by atoms with van der Waals surface area (Å²) in [6, 6.07) is 14.6. The Labute approximate surface area is 158 Å². The van der Waals surface area contributed by atoms with Gasteiger partial charge >= 0.3 is 0 Å². The first-order valence-electron chi connectivity index (χ1n) is 9.42. The van der Waals surface area contributed by atoms with E-state index in [1.807, 2.05) is 12.1 Å². The second-order valence-corrected chi connectivity index (χ2v) is 7.85. The Balaban J connectivity index is 1.42. The molecule has 0 spiro atoms. The fourth-order valence-electron chi connectivity index (χ4n) is 3.75. The van der Waals surface area contributed by atoms with Gasteiger partial charge in [0.2, 0.25) is 5.91 Å². The highest BCUT2D eigenvalue weighted by molar-refractivity contribution is 7.13. The van der Waals surface area contributed by atoms with Crippen molar-refractivity contribution < 1.29 is 4.79 Å². The molecule has 4 nitrogen and oxygen atoms in total. The van der Waals surface area contributed by atoms with Gasteiger partial charge in [0.15, 0.2) is 0 Å². The van der Waals surface area contributed by atoms with Crippen molar-refractivity contribution in [1.82, 2.24) is 14.8 Å². The average molecular weight is 368 g/mol. The summed E-state index contributed by atoms with van der Waals surface area (Å²) in [5.74, 6) is 0.0885. The molecule has 1 aliphatic rings. The molecule has 2 aromatic heterocycles. The fraction of sp³-hybridized carbons (Fsp3) is 0.381. The Bertz CT molecular complexity index is 863. The molecule has 0 radical (unpaired) electrons. The molecule has 1 N–H and O–H groups in total. The number of carbonyl (C=O) groups is 1. The molecule has 26 heavy (non-hydrogen) atoms. The molecule has 0 unspecified atom stereocenters. The first-order valence-corrected chi connectivity index (χ1v) is 10.3. The first kappa shape index (κ1) is 17.3. The van der Waals surface area contributed by atoms with Crippen LogP contribution >= 0.6 is 11.3 Å². The molecular weight excluding hydrogens is 342 g/mol. The van der Waals surface area contributed by atoms with Crippen molar-refractivity contribution in [2.75, 3.05) is 26.2 Å². The lowest BCUT2D eigenvalue weighted by Crippen LogP contribution is -2.31. The monoisotopic (exact) mass is 367 g/mol. The van der Waals surface area contributed by atoms with Crippen molar-refractivity contribution >= 4 is 28.1 Å². The number of hydrogen-bond donors (Lipinski definition) is 1. The molecule has 136 valence electrons. The van der Waals surface area contributed by atoms with E-state index in [-0.39, 0.29) is 5.91 Å². The number of amides is 1. The van der Waals surface area contributed by atoms with Crippen LogP contribution in [0.2, 0.25) is 0 Å². The standard InChI is InChI=1S/C21H25N3OS/c25-21(22-10-6-13-23-11-3-4-12-23)16-24-18-8-2-1-7-17(18)15-19(24)20-9-5-14-26-20/h1-2,5,7-9,14-15H,3-4,6,10-13,16H2,(H,22,25). The van der Waals surface area contributed by atoms with E-state index in [0.717, 1.165) is 30.7 Å². The summed E-state index contributed by atoms with van der Waals surface area (Å²) in [5, 5.41) is 6.36. The van der Waals surface area contributed by atoms with Crippen LogP contribution in [0.5, 0.6) is 0 Å². The van der Waals surface area contributed by atoms with E-state index in [1.54, 1.807) is 11.3 Å². The van der Waals surface area contributed by atoms with Crippen LogP contribution in [0.15, 0.2) is 47.8 Å². The maximum Gasteiger partial charge on any atom is 0.239 e. The molecule has 5 heteroatoms. The Kier molecular flexibility index (Phi) is 5.37. The molecule has 1 saturated heterocycles. The SMILES string of the molecule is O=C(Cn1c(-c2cccs2)cc2ccccc21)NCCCN1CCCC1. The van der Waals surface area contributed by atoms with Crippen molar-refractivity contribution in [3.05, 3.63) is 47.8 Å². The smallest absolute Gasteiger partial charge is 0.239 e. The van der Waals surface area contributed by atoms with Crippen LogP contribution in [-0.2, 0) is 11.3 Å². The zero-order valence-electron chi connectivity index (χ0n) is 15.0. The molecule has 0 saturated carbocycles. The molecule has 3 aromatic rings. The summed E-state index contributed by atoms with van der Waals surface area (Å²) in [4.78, 5) is 16.2. The molecule has 4 rings (SSSR count). The molecule has 0 bridgehead atoms. The van der Waals surface area contributed by atoms with E-state index in [4.69, 9.17) is 0 Å². The summed E-state index contributed by atoms with van der Waals surface area (Å²) in [5.41, 5.74) is 2.23. The highest BCUT2D eigenvalue weighted by Crippen LogP contribution is 2.31. The van der Waals surface area contributed by atoms with Crippen LogP contribution in [0.4, 0.5) is 0 Å². The van der Waals surface area contributed by atoms with E-state index in [0.29, 0.717) is 6.54 Å². The lowest BCUT2D eigenvalue weighted by molar-refractivity contribution is -0.121. The van der Waals surface area contributed by atoms with Gasteiger partial charge in [-0.1, -0.05) is 24.3 Å². The van der Waals surface area contributed by atoms with Gasteiger partial charge in [0.1, 0.15) is 6.54 Å². The Morgan fingerprint density at radius 2 is 1.96 bits per heavy atom. The van der Waals surface area contributed by atoms with Crippen LogP contribution in [0, 0.1) is 0 Å². The molecule has 1 aliphatic heterocycles. The lowest BCUT2D eigenvalue weighted by Gasteiger charge is -2.15. The van der Waals surface area contributed by atoms with Crippen molar-refractivity contribution in [1.29, 1.82) is 0 Å². The minimum atomic E-state index is 0.0885. The van der Waals surface area contributed by atoms with Crippen molar-refractivity contribution in [2.45, 2.75) is 25.8 Å². The number of rotatable bonds is 7. The maximum absolute atomic E-state index is 12.5. The van der Waals surface area contributed by atoms with Gasteiger partial charge in [-0.3, -0.25) is 4.79 Å². The van der Waals surface area contributed by atoms with Gasteiger partial charge in [0, 0.05) is 17.4 Å². The van der Waals surface area contributed by atoms with E-state index in [1.165, 1.54) is 36.2 Å². The molecule has 0 aliphatic carbocycles. The molecule has 1 fully saturated rings. The number of thiophene rings is 1. The van der Waals surface area contributed by atoms with Gasteiger partial charge in [-0.05, 0) is 62.5 Å². The predicted molar refractivity (Wildman–Crippen MR) is 109 cm³/mol. The van der Waals surface area contributed by atoms with Crippen LogP contribution in [0.1, 0.15) is 19.3 Å². The largest absolute Gasteiger partial charge is 0.355 e. The van der Waals surface area contributed by atoms with Crippen molar-refractivity contribution in [2.24, 2.45) is 0 Å². The molecule has 1 amide bonds. The van der Waals surface area contributed by atoms with Gasteiger partial charge in [-0.25, -0.2) is 0 Å². The quantitative estimate of drug-likeness (QED) is 0.642. The van der Waals surface area contributed by atoms with Gasteiger partial charge in [-0.15, -0.1) is 11.3 Å². The molecular formula is C21H25N3OS. The van der Waals surface area contributed by atoms with Crippen LogP contribution < -0.4 is 5.32 Å². The normalized spacial score (nSPS) is 14.9. The van der Waals surface area contributed by atoms with Gasteiger partial charge in [0.25, 0.3) is 0 Å². The molecule has 3 heterocycles. The number of nitrogens with zero attached hydrogens (tertiary/aromatic N) is 2. The Hall–Kier alpha value is -2.11. The fourth-order valence-corrected chi connectivity index (χ4v) is 4.50. The highest BCUT2D eigenvalue weighted by atomic mass is 32.1. The number of benzene rings is 1. The van der Waals surface area contributed by atoms with Gasteiger partial charge in [-0.2, -0.15) is 0 Å². The van der Waals surface area contributed by atoms with Crippen molar-refractivity contribution in [3.8, 4) is 10.6 Å². The van der Waals surface area contributed by atoms with Crippen LogP contribution in [0.25, 0.3) is 21.5 Å². The summed E-state index contributed by atoms with van der Waals surface area (Å²) in [6.07, 6.45) is 3.66. The Morgan fingerprint density at radius 1 is 1.12 bits per heavy atom. The molecule has 1 aromatic carbocycles. The van der Waals surface area contributed by atoms with E-state index in [2.05, 4.69) is 50.5 Å². The van der Waals surface area contributed by atoms with Gasteiger partial charge in [0.05, 0.1) is 10.6 Å². The highest BCUT2D eigenvalue weighted by Gasteiger charge is 2.14. The average Bonchev–Trinajstić information content (AvgIpc) is 3.40. The third-order valence-corrected chi connectivity index (χ3v) is 5.95. The maximum atomic E-state index is 12.5. The summed E-state index contributed by atoms with van der Waals surface area (Å²) >= 11 is 1.71. The number of nitrogens with one attached hydrogen (secondary N) is 1. The number of hydrogen-bond acceptors (Lipinski definition) is 3. The second kappa shape index (κ2) is 8.06. The Morgan fingerprint density at radius 3 is 2.77 bits per heavy atom. The third-order valence-electron chi connectivity index (χ3n) is 5.06.